The zero-order valence-electron chi connectivity index (χ0n) is 14.9. The van der Waals surface area contributed by atoms with Crippen LogP contribution >= 0.6 is 0 Å². The SMILES string of the molecule is COc1ccccc1C1C(C#N)=C(N)Oc2c1c(=O)n(C)c1ccccc21. The monoisotopic (exact) mass is 359 g/mol. The van der Waals surface area contributed by atoms with Crippen LogP contribution < -0.4 is 20.8 Å². The zero-order chi connectivity index (χ0) is 19.1. The Kier molecular flexibility index (Phi) is 3.85. The predicted molar refractivity (Wildman–Crippen MR) is 101 cm³/mol. The fraction of sp³-hybridized carbons (Fsp3) is 0.143. The van der Waals surface area contributed by atoms with Gasteiger partial charge < -0.3 is 19.8 Å². The minimum atomic E-state index is -0.668. The van der Waals surface area contributed by atoms with E-state index in [4.69, 9.17) is 15.2 Å². The van der Waals surface area contributed by atoms with Gasteiger partial charge in [0.1, 0.15) is 23.1 Å². The first kappa shape index (κ1) is 16.7. The third-order valence-electron chi connectivity index (χ3n) is 4.91. The number of rotatable bonds is 2. The molecule has 134 valence electrons. The van der Waals surface area contributed by atoms with Gasteiger partial charge in [-0.15, -0.1) is 0 Å². The molecule has 0 radical (unpaired) electrons. The minimum Gasteiger partial charge on any atom is -0.496 e. The van der Waals surface area contributed by atoms with E-state index < -0.39 is 5.92 Å². The first-order chi connectivity index (χ1) is 13.1. The van der Waals surface area contributed by atoms with Crippen LogP contribution in [0.25, 0.3) is 10.9 Å². The Bertz CT molecular complexity index is 1200. The molecule has 6 nitrogen and oxygen atoms in total. The van der Waals surface area contributed by atoms with Crippen molar-refractivity contribution in [2.75, 3.05) is 7.11 Å². The van der Waals surface area contributed by atoms with Crippen molar-refractivity contribution in [1.29, 1.82) is 5.26 Å². The summed E-state index contributed by atoms with van der Waals surface area (Å²) < 4.78 is 12.8. The summed E-state index contributed by atoms with van der Waals surface area (Å²) in [5, 5.41) is 10.5. The van der Waals surface area contributed by atoms with E-state index in [2.05, 4.69) is 6.07 Å². The van der Waals surface area contributed by atoms with Crippen molar-refractivity contribution in [2.24, 2.45) is 12.8 Å². The van der Waals surface area contributed by atoms with Crippen molar-refractivity contribution in [3.8, 4) is 17.6 Å². The molecule has 6 heteroatoms. The normalized spacial score (nSPS) is 15.8. The second kappa shape index (κ2) is 6.22. The summed E-state index contributed by atoms with van der Waals surface area (Å²) in [5.74, 6) is 0.296. The number of methoxy groups -OCH3 is 1. The quantitative estimate of drug-likeness (QED) is 0.760. The van der Waals surface area contributed by atoms with Crippen LogP contribution in [0.15, 0.2) is 64.8 Å². The van der Waals surface area contributed by atoms with Gasteiger partial charge in [0.2, 0.25) is 5.88 Å². The van der Waals surface area contributed by atoms with Crippen molar-refractivity contribution >= 4 is 10.9 Å². The number of nitrogens with two attached hydrogens (primary N) is 1. The van der Waals surface area contributed by atoms with Gasteiger partial charge in [0.25, 0.3) is 5.56 Å². The van der Waals surface area contributed by atoms with E-state index in [1.807, 2.05) is 42.5 Å². The minimum absolute atomic E-state index is 0.000637. The lowest BCUT2D eigenvalue weighted by Crippen LogP contribution is -2.31. The number of fused-ring (bicyclic) bond motifs is 3. The maximum Gasteiger partial charge on any atom is 0.258 e. The van der Waals surface area contributed by atoms with Crippen LogP contribution in [0.5, 0.6) is 11.5 Å². The fourth-order valence-corrected chi connectivity index (χ4v) is 3.64. The Balaban J connectivity index is 2.15. The van der Waals surface area contributed by atoms with Crippen molar-refractivity contribution in [1.82, 2.24) is 4.57 Å². The van der Waals surface area contributed by atoms with Crippen molar-refractivity contribution in [2.45, 2.75) is 5.92 Å². The van der Waals surface area contributed by atoms with Crippen LogP contribution in [0.3, 0.4) is 0 Å². The van der Waals surface area contributed by atoms with E-state index in [0.29, 0.717) is 22.6 Å². The number of hydrogen-bond acceptors (Lipinski definition) is 5. The van der Waals surface area contributed by atoms with Gasteiger partial charge in [0.05, 0.1) is 24.1 Å². The molecular weight excluding hydrogens is 342 g/mol. The number of aromatic nitrogens is 1. The Morgan fingerprint density at radius 1 is 1.19 bits per heavy atom. The van der Waals surface area contributed by atoms with E-state index in [-0.39, 0.29) is 17.0 Å². The highest BCUT2D eigenvalue weighted by molar-refractivity contribution is 5.88. The zero-order valence-corrected chi connectivity index (χ0v) is 14.9. The van der Waals surface area contributed by atoms with Gasteiger partial charge in [-0.3, -0.25) is 4.79 Å². The number of para-hydroxylation sites is 2. The second-order valence-electron chi connectivity index (χ2n) is 6.29. The molecule has 4 rings (SSSR count). The molecule has 1 aliphatic rings. The summed E-state index contributed by atoms with van der Waals surface area (Å²) in [4.78, 5) is 13.2. The van der Waals surface area contributed by atoms with Crippen LogP contribution in [-0.2, 0) is 7.05 Å². The van der Waals surface area contributed by atoms with Gasteiger partial charge in [0, 0.05) is 18.0 Å². The molecule has 2 N–H and O–H groups in total. The molecule has 2 aromatic carbocycles. The summed E-state index contributed by atoms with van der Waals surface area (Å²) in [5.41, 5.74) is 7.85. The smallest absolute Gasteiger partial charge is 0.258 e. The van der Waals surface area contributed by atoms with E-state index in [0.717, 1.165) is 10.9 Å². The first-order valence-corrected chi connectivity index (χ1v) is 8.40. The highest BCUT2D eigenvalue weighted by atomic mass is 16.5. The summed E-state index contributed by atoms with van der Waals surface area (Å²) in [7, 11) is 3.26. The van der Waals surface area contributed by atoms with Crippen molar-refractivity contribution in [3.05, 3.63) is 81.5 Å². The van der Waals surface area contributed by atoms with Gasteiger partial charge in [-0.2, -0.15) is 5.26 Å². The van der Waals surface area contributed by atoms with Gasteiger partial charge in [-0.25, -0.2) is 0 Å². The summed E-state index contributed by atoms with van der Waals surface area (Å²) >= 11 is 0. The van der Waals surface area contributed by atoms with E-state index in [1.165, 1.54) is 0 Å². The Labute approximate surface area is 155 Å². The van der Waals surface area contributed by atoms with Crippen LogP contribution in [0.2, 0.25) is 0 Å². The van der Waals surface area contributed by atoms with Crippen LogP contribution in [-0.4, -0.2) is 11.7 Å². The Morgan fingerprint density at radius 2 is 1.89 bits per heavy atom. The molecule has 1 unspecified atom stereocenters. The number of nitrogens with zero attached hydrogens (tertiary/aromatic N) is 2. The molecule has 1 aromatic heterocycles. The molecule has 3 aromatic rings. The lowest BCUT2D eigenvalue weighted by atomic mass is 9.83. The molecule has 0 amide bonds. The highest BCUT2D eigenvalue weighted by Crippen LogP contribution is 2.45. The number of benzene rings is 2. The summed E-state index contributed by atoms with van der Waals surface area (Å²) in [6, 6.07) is 16.9. The van der Waals surface area contributed by atoms with Gasteiger partial charge in [-0.1, -0.05) is 30.3 Å². The molecule has 1 aliphatic heterocycles. The van der Waals surface area contributed by atoms with E-state index in [9.17, 15) is 10.1 Å². The van der Waals surface area contributed by atoms with E-state index >= 15 is 0 Å². The number of hydrogen-bond donors (Lipinski definition) is 1. The predicted octanol–water partition coefficient (Wildman–Crippen LogP) is 2.77. The van der Waals surface area contributed by atoms with E-state index in [1.54, 1.807) is 24.8 Å². The number of ether oxygens (including phenoxy) is 2. The van der Waals surface area contributed by atoms with Crippen LogP contribution in [0.1, 0.15) is 17.0 Å². The molecule has 0 bridgehead atoms. The first-order valence-electron chi connectivity index (χ1n) is 8.40. The average molecular weight is 359 g/mol. The van der Waals surface area contributed by atoms with Gasteiger partial charge in [0.15, 0.2) is 0 Å². The maximum absolute atomic E-state index is 13.2. The molecule has 0 saturated heterocycles. The number of pyridine rings is 1. The molecule has 1 atom stereocenters. The summed E-state index contributed by atoms with van der Waals surface area (Å²) in [6.45, 7) is 0. The topological polar surface area (TPSA) is 90.3 Å². The standard InChI is InChI=1S/C21H17N3O3/c1-24-15-9-5-3-7-12(15)19-18(21(24)25)17(14(11-22)20(23)27-19)13-8-4-6-10-16(13)26-2/h3-10,17H,23H2,1-2H3. The lowest BCUT2D eigenvalue weighted by molar-refractivity contribution is 0.388. The lowest BCUT2D eigenvalue weighted by Gasteiger charge is -2.28. The van der Waals surface area contributed by atoms with Gasteiger partial charge in [-0.05, 0) is 18.2 Å². The highest BCUT2D eigenvalue weighted by Gasteiger charge is 2.36. The van der Waals surface area contributed by atoms with Crippen molar-refractivity contribution < 1.29 is 9.47 Å². The maximum atomic E-state index is 13.2. The number of aryl methyl sites for hydroxylation is 1. The summed E-state index contributed by atoms with van der Waals surface area (Å²) in [6.07, 6.45) is 0. The fourth-order valence-electron chi connectivity index (χ4n) is 3.64. The molecule has 0 fully saturated rings. The molecule has 0 aliphatic carbocycles. The second-order valence-corrected chi connectivity index (χ2v) is 6.29. The van der Waals surface area contributed by atoms with Crippen LogP contribution in [0.4, 0.5) is 0 Å². The molecule has 2 heterocycles. The molecule has 0 saturated carbocycles. The van der Waals surface area contributed by atoms with Crippen LogP contribution in [0, 0.1) is 11.3 Å². The molecular formula is C21H17N3O3. The number of nitriles is 1. The number of allylic oxidation sites excluding steroid dienone is 1. The average Bonchev–Trinajstić information content (AvgIpc) is 2.71. The third-order valence-corrected chi connectivity index (χ3v) is 4.91. The molecule has 0 spiro atoms. The Hall–Kier alpha value is -3.72. The van der Waals surface area contributed by atoms with Crippen molar-refractivity contribution in [3.63, 3.8) is 0 Å². The molecule has 27 heavy (non-hydrogen) atoms. The largest absolute Gasteiger partial charge is 0.496 e. The van der Waals surface area contributed by atoms with Gasteiger partial charge >= 0.3 is 0 Å². The third kappa shape index (κ3) is 2.36. The Morgan fingerprint density at radius 3 is 2.63 bits per heavy atom.